The van der Waals surface area contributed by atoms with E-state index in [1.807, 2.05) is 13.8 Å². The zero-order valence-electron chi connectivity index (χ0n) is 6.56. The number of carbonyl (C=O) groups is 1. The first-order valence-electron chi connectivity index (χ1n) is 3.13. The summed E-state index contributed by atoms with van der Waals surface area (Å²) < 4.78 is 0. The van der Waals surface area contributed by atoms with Gasteiger partial charge < -0.3 is 5.11 Å². The van der Waals surface area contributed by atoms with Crippen LogP contribution in [0.4, 0.5) is 0 Å². The molecule has 0 aromatic carbocycles. The maximum Gasteiger partial charge on any atom is 0.304 e. The number of carboxylic acids is 1. The minimum Gasteiger partial charge on any atom is -0.481 e. The van der Waals surface area contributed by atoms with Gasteiger partial charge in [0.05, 0.1) is 6.42 Å². The summed E-state index contributed by atoms with van der Waals surface area (Å²) in [6, 6.07) is 0. The fourth-order valence-corrected chi connectivity index (χ4v) is 0.761. The Morgan fingerprint density at radius 3 is 2.40 bits per heavy atom. The van der Waals surface area contributed by atoms with E-state index in [0.717, 1.165) is 0 Å². The lowest BCUT2D eigenvalue weighted by Gasteiger charge is -2.12. The van der Waals surface area contributed by atoms with Gasteiger partial charge in [0.1, 0.15) is 0 Å². The Bertz CT molecular complexity index is 181. The first-order valence-corrected chi connectivity index (χ1v) is 3.13. The van der Waals surface area contributed by atoms with Crippen molar-refractivity contribution < 1.29 is 9.90 Å². The van der Waals surface area contributed by atoms with Crippen LogP contribution in [0.3, 0.4) is 0 Å². The van der Waals surface area contributed by atoms with E-state index in [1.165, 1.54) is 0 Å². The zero-order chi connectivity index (χ0) is 8.20. The van der Waals surface area contributed by atoms with Crippen molar-refractivity contribution in [1.29, 1.82) is 0 Å². The van der Waals surface area contributed by atoms with Gasteiger partial charge in [-0.1, -0.05) is 5.92 Å². The summed E-state index contributed by atoms with van der Waals surface area (Å²) in [4.78, 5) is 10.2. The van der Waals surface area contributed by atoms with Crippen LogP contribution >= 0.6 is 0 Å². The summed E-state index contributed by atoms with van der Waals surface area (Å²) >= 11 is 0. The Morgan fingerprint density at radius 2 is 2.10 bits per heavy atom. The van der Waals surface area contributed by atoms with Gasteiger partial charge >= 0.3 is 5.97 Å². The molecule has 2 heteroatoms. The van der Waals surface area contributed by atoms with Crippen molar-refractivity contribution in [2.45, 2.75) is 27.2 Å². The Balaban J connectivity index is 4.08. The maximum absolute atomic E-state index is 10.2. The van der Waals surface area contributed by atoms with Crippen molar-refractivity contribution in [2.24, 2.45) is 5.41 Å². The van der Waals surface area contributed by atoms with E-state index in [4.69, 9.17) is 5.11 Å². The second kappa shape index (κ2) is 3.26. The van der Waals surface area contributed by atoms with Crippen LogP contribution < -0.4 is 0 Å². The van der Waals surface area contributed by atoms with Crippen molar-refractivity contribution >= 4 is 5.97 Å². The lowest BCUT2D eigenvalue weighted by atomic mass is 9.90. The Hall–Kier alpha value is -0.970. The quantitative estimate of drug-likeness (QED) is 0.590. The molecular formula is C8H12O2. The fourth-order valence-electron chi connectivity index (χ4n) is 0.761. The van der Waals surface area contributed by atoms with Gasteiger partial charge in [-0.2, -0.15) is 0 Å². The van der Waals surface area contributed by atoms with Crippen molar-refractivity contribution in [3.05, 3.63) is 0 Å². The van der Waals surface area contributed by atoms with Gasteiger partial charge in [0.15, 0.2) is 0 Å². The molecule has 0 aromatic rings. The molecule has 0 spiro atoms. The van der Waals surface area contributed by atoms with Gasteiger partial charge in [0, 0.05) is 5.41 Å². The highest BCUT2D eigenvalue weighted by Gasteiger charge is 2.17. The highest BCUT2D eigenvalue weighted by molar-refractivity contribution is 5.68. The molecule has 0 saturated heterocycles. The molecule has 0 unspecified atom stereocenters. The second-order valence-electron chi connectivity index (χ2n) is 2.83. The normalized spacial score (nSPS) is 9.90. The molecule has 10 heavy (non-hydrogen) atoms. The molecule has 0 heterocycles. The standard InChI is InChI=1S/C8H12O2/c1-4-5-8(2,3)6-7(9)10/h6H2,1-3H3,(H,9,10). The summed E-state index contributed by atoms with van der Waals surface area (Å²) in [6.45, 7) is 5.35. The first kappa shape index (κ1) is 9.03. The molecule has 0 fully saturated rings. The van der Waals surface area contributed by atoms with Crippen LogP contribution in [0.1, 0.15) is 27.2 Å². The molecule has 0 amide bonds. The van der Waals surface area contributed by atoms with E-state index in [9.17, 15) is 4.79 Å². The molecule has 0 rings (SSSR count). The topological polar surface area (TPSA) is 37.3 Å². The van der Waals surface area contributed by atoms with Gasteiger partial charge in [0.2, 0.25) is 0 Å². The van der Waals surface area contributed by atoms with Crippen LogP contribution in [0.2, 0.25) is 0 Å². The van der Waals surface area contributed by atoms with Gasteiger partial charge in [0.25, 0.3) is 0 Å². The SMILES string of the molecule is CC#CC(C)(C)CC(=O)O. The minimum atomic E-state index is -0.798. The number of rotatable bonds is 2. The number of hydrogen-bond donors (Lipinski definition) is 1. The molecule has 1 N–H and O–H groups in total. The molecule has 2 nitrogen and oxygen atoms in total. The van der Waals surface area contributed by atoms with Gasteiger partial charge in [-0.05, 0) is 20.8 Å². The molecule has 0 radical (unpaired) electrons. The largest absolute Gasteiger partial charge is 0.481 e. The van der Waals surface area contributed by atoms with Crippen LogP contribution in [-0.4, -0.2) is 11.1 Å². The van der Waals surface area contributed by atoms with Crippen molar-refractivity contribution in [2.75, 3.05) is 0 Å². The van der Waals surface area contributed by atoms with E-state index in [2.05, 4.69) is 11.8 Å². The predicted octanol–water partition coefficient (Wildman–Crippen LogP) is 1.51. The summed E-state index contributed by atoms with van der Waals surface area (Å²) in [7, 11) is 0. The number of hydrogen-bond acceptors (Lipinski definition) is 1. The van der Waals surface area contributed by atoms with Crippen molar-refractivity contribution in [3.63, 3.8) is 0 Å². The summed E-state index contributed by atoms with van der Waals surface area (Å²) in [6.07, 6.45) is 0.105. The first-order chi connectivity index (χ1) is 4.48. The highest BCUT2D eigenvalue weighted by atomic mass is 16.4. The smallest absolute Gasteiger partial charge is 0.304 e. The molecule has 0 saturated carbocycles. The molecular weight excluding hydrogens is 128 g/mol. The third-order valence-corrected chi connectivity index (χ3v) is 1.06. The van der Waals surface area contributed by atoms with Gasteiger partial charge in [-0.3, -0.25) is 4.79 Å². The highest BCUT2D eigenvalue weighted by Crippen LogP contribution is 2.17. The zero-order valence-corrected chi connectivity index (χ0v) is 6.56. The lowest BCUT2D eigenvalue weighted by molar-refractivity contribution is -0.138. The van der Waals surface area contributed by atoms with E-state index in [-0.39, 0.29) is 11.8 Å². The average molecular weight is 140 g/mol. The molecule has 0 atom stereocenters. The molecule has 0 aromatic heterocycles. The molecule has 0 aliphatic rings. The van der Waals surface area contributed by atoms with E-state index < -0.39 is 5.97 Å². The van der Waals surface area contributed by atoms with Crippen molar-refractivity contribution in [1.82, 2.24) is 0 Å². The summed E-state index contributed by atoms with van der Waals surface area (Å²) in [5.74, 6) is 4.72. The lowest BCUT2D eigenvalue weighted by Crippen LogP contribution is -2.14. The van der Waals surface area contributed by atoms with E-state index in [1.54, 1.807) is 6.92 Å². The number of carboxylic acid groups (broad SMARTS) is 1. The van der Waals surface area contributed by atoms with Crippen LogP contribution in [0.5, 0.6) is 0 Å². The van der Waals surface area contributed by atoms with Crippen LogP contribution in [0.25, 0.3) is 0 Å². The third kappa shape index (κ3) is 3.96. The summed E-state index contributed by atoms with van der Waals surface area (Å²) in [5.41, 5.74) is -0.388. The van der Waals surface area contributed by atoms with Gasteiger partial charge in [-0.15, -0.1) is 5.92 Å². The average Bonchev–Trinajstić information content (AvgIpc) is 1.59. The van der Waals surface area contributed by atoms with Gasteiger partial charge in [-0.25, -0.2) is 0 Å². The van der Waals surface area contributed by atoms with Crippen LogP contribution in [0, 0.1) is 17.3 Å². The third-order valence-electron chi connectivity index (χ3n) is 1.06. The molecule has 0 aliphatic heterocycles. The minimum absolute atomic E-state index is 0.105. The Labute approximate surface area is 61.2 Å². The van der Waals surface area contributed by atoms with E-state index in [0.29, 0.717) is 0 Å². The Kier molecular flexibility index (Phi) is 2.95. The predicted molar refractivity (Wildman–Crippen MR) is 39.5 cm³/mol. The summed E-state index contributed by atoms with van der Waals surface area (Å²) in [5, 5.41) is 8.41. The Morgan fingerprint density at radius 1 is 1.60 bits per heavy atom. The van der Waals surface area contributed by atoms with Crippen LogP contribution in [0.15, 0.2) is 0 Å². The molecule has 0 aliphatic carbocycles. The molecule has 0 bridgehead atoms. The van der Waals surface area contributed by atoms with E-state index >= 15 is 0 Å². The molecule has 56 valence electrons. The second-order valence-corrected chi connectivity index (χ2v) is 2.83. The monoisotopic (exact) mass is 140 g/mol. The maximum atomic E-state index is 10.2. The van der Waals surface area contributed by atoms with Crippen molar-refractivity contribution in [3.8, 4) is 11.8 Å². The van der Waals surface area contributed by atoms with Crippen LogP contribution in [-0.2, 0) is 4.79 Å². The fraction of sp³-hybridized carbons (Fsp3) is 0.625. The number of aliphatic carboxylic acids is 1.